The lowest BCUT2D eigenvalue weighted by molar-refractivity contribution is -0.121. The van der Waals surface area contributed by atoms with E-state index < -0.39 is 10.0 Å². The molecule has 1 aliphatic rings. The summed E-state index contributed by atoms with van der Waals surface area (Å²) in [6, 6.07) is 0.383. The highest BCUT2D eigenvalue weighted by Crippen LogP contribution is 2.16. The number of halogens is 1. The van der Waals surface area contributed by atoms with Gasteiger partial charge in [0, 0.05) is 38.3 Å². The molecule has 138 valence electrons. The second kappa shape index (κ2) is 8.80. The van der Waals surface area contributed by atoms with Crippen molar-refractivity contribution in [3.05, 3.63) is 12.0 Å². The number of aryl methyl sites for hydroxylation is 2. The van der Waals surface area contributed by atoms with Crippen molar-refractivity contribution in [1.82, 2.24) is 19.6 Å². The Balaban J connectivity index is 0.00000288. The number of hydrogen-bond acceptors (Lipinski definition) is 5. The highest BCUT2D eigenvalue weighted by atomic mass is 35.5. The minimum atomic E-state index is -3.68. The molecule has 1 aliphatic carbocycles. The van der Waals surface area contributed by atoms with Crippen LogP contribution in [0.25, 0.3) is 0 Å². The molecule has 4 N–H and O–H groups in total. The first-order valence-corrected chi connectivity index (χ1v) is 9.31. The van der Waals surface area contributed by atoms with Gasteiger partial charge in [0.25, 0.3) is 10.0 Å². The number of nitrogens with two attached hydrogens (primary N) is 1. The van der Waals surface area contributed by atoms with Crippen LogP contribution in [0.2, 0.25) is 0 Å². The topological polar surface area (TPSA) is 119 Å². The summed E-state index contributed by atoms with van der Waals surface area (Å²) >= 11 is 0. The van der Waals surface area contributed by atoms with E-state index in [1.807, 2.05) is 0 Å². The van der Waals surface area contributed by atoms with Crippen LogP contribution in [-0.4, -0.2) is 42.5 Å². The van der Waals surface area contributed by atoms with E-state index in [4.69, 9.17) is 5.73 Å². The summed E-state index contributed by atoms with van der Waals surface area (Å²) in [7, 11) is -1.95. The highest BCUT2D eigenvalue weighted by molar-refractivity contribution is 7.89. The molecule has 1 aromatic rings. The van der Waals surface area contributed by atoms with Gasteiger partial charge in [0.2, 0.25) is 5.91 Å². The normalized spacial score (nSPS) is 21.1. The van der Waals surface area contributed by atoms with E-state index in [2.05, 4.69) is 15.0 Å². The molecular weight excluding hydrogens is 354 g/mol. The third kappa shape index (κ3) is 5.73. The van der Waals surface area contributed by atoms with Crippen LogP contribution in [0.15, 0.2) is 11.2 Å². The zero-order valence-electron chi connectivity index (χ0n) is 14.0. The first-order chi connectivity index (χ1) is 10.8. The predicted molar refractivity (Wildman–Crippen MR) is 93.4 cm³/mol. The minimum Gasteiger partial charge on any atom is -0.353 e. The number of carbonyl (C=O) groups excluding carboxylic acids is 1. The van der Waals surface area contributed by atoms with Gasteiger partial charge >= 0.3 is 0 Å². The quantitative estimate of drug-likeness (QED) is 0.652. The Hall–Kier alpha value is -1.16. The van der Waals surface area contributed by atoms with Crippen molar-refractivity contribution in [2.45, 2.75) is 56.1 Å². The number of nitrogens with one attached hydrogen (secondary N) is 2. The van der Waals surface area contributed by atoms with E-state index in [0.717, 1.165) is 25.7 Å². The molecule has 0 spiro atoms. The van der Waals surface area contributed by atoms with Crippen LogP contribution in [0.4, 0.5) is 0 Å². The van der Waals surface area contributed by atoms with Crippen LogP contribution in [0, 0.1) is 6.92 Å². The van der Waals surface area contributed by atoms with E-state index in [-0.39, 0.29) is 48.4 Å². The Kier molecular flexibility index (Phi) is 7.65. The molecule has 1 amide bonds. The standard InChI is InChI=1S/C14H25N5O3S.ClH/c1-10-17-14(9-19(10)2)23(21,22)16-8-7-13(20)18-12-5-3-11(15)4-6-12;/h9,11-12,16H,3-8,15H2,1-2H3,(H,18,20);1H. The summed E-state index contributed by atoms with van der Waals surface area (Å²) in [4.78, 5) is 15.9. The monoisotopic (exact) mass is 379 g/mol. The number of aromatic nitrogens is 2. The van der Waals surface area contributed by atoms with Crippen molar-refractivity contribution in [3.63, 3.8) is 0 Å². The van der Waals surface area contributed by atoms with Gasteiger partial charge in [-0.2, -0.15) is 0 Å². The number of rotatable bonds is 6. The molecule has 1 aromatic heterocycles. The van der Waals surface area contributed by atoms with Crippen molar-refractivity contribution in [1.29, 1.82) is 0 Å². The molecule has 10 heteroatoms. The molecule has 0 bridgehead atoms. The third-order valence-corrected chi connectivity index (χ3v) is 5.47. The number of nitrogens with zero attached hydrogens (tertiary/aromatic N) is 2. The van der Waals surface area contributed by atoms with Gasteiger partial charge in [0.1, 0.15) is 5.82 Å². The molecule has 0 radical (unpaired) electrons. The van der Waals surface area contributed by atoms with Crippen LogP contribution in [-0.2, 0) is 21.9 Å². The van der Waals surface area contributed by atoms with Crippen LogP contribution in [0.1, 0.15) is 37.9 Å². The Morgan fingerprint density at radius 1 is 1.38 bits per heavy atom. The molecule has 0 saturated heterocycles. The van der Waals surface area contributed by atoms with Gasteiger partial charge in [-0.1, -0.05) is 0 Å². The second-order valence-electron chi connectivity index (χ2n) is 6.06. The lowest BCUT2D eigenvalue weighted by Crippen LogP contribution is -2.41. The number of amides is 1. The van der Waals surface area contributed by atoms with E-state index in [1.165, 1.54) is 6.20 Å². The number of carbonyl (C=O) groups is 1. The van der Waals surface area contributed by atoms with Crippen molar-refractivity contribution in [2.24, 2.45) is 12.8 Å². The number of sulfonamides is 1. The van der Waals surface area contributed by atoms with Gasteiger partial charge in [-0.15, -0.1) is 12.4 Å². The lowest BCUT2D eigenvalue weighted by atomic mass is 9.92. The maximum atomic E-state index is 12.1. The average Bonchev–Trinajstić information content (AvgIpc) is 2.82. The first-order valence-electron chi connectivity index (χ1n) is 7.82. The molecule has 1 heterocycles. The smallest absolute Gasteiger partial charge is 0.259 e. The fourth-order valence-electron chi connectivity index (χ4n) is 2.59. The summed E-state index contributed by atoms with van der Waals surface area (Å²) < 4.78 is 28.2. The maximum absolute atomic E-state index is 12.1. The molecule has 0 atom stereocenters. The SMILES string of the molecule is Cc1nc(S(=O)(=O)NCCC(=O)NC2CCC(N)CC2)cn1C.Cl. The second-order valence-corrected chi connectivity index (χ2v) is 7.78. The summed E-state index contributed by atoms with van der Waals surface area (Å²) in [5, 5.41) is 2.90. The molecule has 0 aromatic carbocycles. The van der Waals surface area contributed by atoms with Crippen molar-refractivity contribution >= 4 is 28.3 Å². The van der Waals surface area contributed by atoms with Gasteiger partial charge in [-0.05, 0) is 32.6 Å². The van der Waals surface area contributed by atoms with Crippen LogP contribution in [0.3, 0.4) is 0 Å². The van der Waals surface area contributed by atoms with Crippen LogP contribution < -0.4 is 15.8 Å². The molecule has 24 heavy (non-hydrogen) atoms. The zero-order chi connectivity index (χ0) is 17.0. The van der Waals surface area contributed by atoms with Gasteiger partial charge in [-0.25, -0.2) is 18.1 Å². The van der Waals surface area contributed by atoms with Gasteiger partial charge < -0.3 is 15.6 Å². The molecule has 1 saturated carbocycles. The summed E-state index contributed by atoms with van der Waals surface area (Å²) in [6.45, 7) is 1.78. The zero-order valence-corrected chi connectivity index (χ0v) is 15.6. The predicted octanol–water partition coefficient (Wildman–Crippen LogP) is 0.205. The van der Waals surface area contributed by atoms with E-state index >= 15 is 0 Å². The van der Waals surface area contributed by atoms with Gasteiger partial charge in [0.05, 0.1) is 0 Å². The van der Waals surface area contributed by atoms with Gasteiger partial charge in [-0.3, -0.25) is 4.79 Å². The molecule has 2 rings (SSSR count). The van der Waals surface area contributed by atoms with Crippen LogP contribution in [0.5, 0.6) is 0 Å². The molecule has 8 nitrogen and oxygen atoms in total. The van der Waals surface area contributed by atoms with E-state index in [0.29, 0.717) is 5.82 Å². The molecular formula is C14H26ClN5O3S. The Morgan fingerprint density at radius 2 is 2.00 bits per heavy atom. The van der Waals surface area contributed by atoms with Crippen LogP contribution >= 0.6 is 12.4 Å². The summed E-state index contributed by atoms with van der Waals surface area (Å²) in [6.07, 6.45) is 5.14. The van der Waals surface area contributed by atoms with E-state index in [9.17, 15) is 13.2 Å². The Morgan fingerprint density at radius 3 is 2.54 bits per heavy atom. The average molecular weight is 380 g/mol. The summed E-state index contributed by atoms with van der Waals surface area (Å²) in [5.41, 5.74) is 5.83. The Labute approximate surface area is 149 Å². The molecule has 1 fully saturated rings. The lowest BCUT2D eigenvalue weighted by Gasteiger charge is -2.26. The minimum absolute atomic E-state index is 0. The first kappa shape index (κ1) is 20.9. The summed E-state index contributed by atoms with van der Waals surface area (Å²) in [5.74, 6) is 0.462. The van der Waals surface area contributed by atoms with Crippen molar-refractivity contribution in [2.75, 3.05) is 6.54 Å². The molecule has 0 unspecified atom stereocenters. The highest BCUT2D eigenvalue weighted by Gasteiger charge is 2.21. The molecule has 0 aliphatic heterocycles. The largest absolute Gasteiger partial charge is 0.353 e. The van der Waals surface area contributed by atoms with Crippen molar-refractivity contribution in [3.8, 4) is 0 Å². The van der Waals surface area contributed by atoms with E-state index in [1.54, 1.807) is 18.5 Å². The fraction of sp³-hybridized carbons (Fsp3) is 0.714. The third-order valence-electron chi connectivity index (χ3n) is 4.14. The Bertz CT molecular complexity index is 634. The number of imidazole rings is 1. The van der Waals surface area contributed by atoms with Crippen molar-refractivity contribution < 1.29 is 13.2 Å². The maximum Gasteiger partial charge on any atom is 0.259 e. The fourth-order valence-corrected chi connectivity index (χ4v) is 3.66. The number of hydrogen-bond donors (Lipinski definition) is 3. The van der Waals surface area contributed by atoms with Gasteiger partial charge in [0.15, 0.2) is 5.03 Å².